The number of unbranched alkanes of at least 4 members (excludes halogenated alkanes) is 1. The first-order valence-electron chi connectivity index (χ1n) is 12.7. The topological polar surface area (TPSA) is 75.6 Å². The van der Waals surface area contributed by atoms with Gasteiger partial charge in [0.05, 0.1) is 47.5 Å². The Morgan fingerprint density at radius 3 is 2.59 bits per heavy atom. The molecular formula is C27H35Br2FN2O4S. The van der Waals surface area contributed by atoms with E-state index in [-0.39, 0.29) is 34.8 Å². The first-order valence-corrected chi connectivity index (χ1v) is 14.3. The number of esters is 1. The lowest BCUT2D eigenvalue weighted by molar-refractivity contribution is -0.944. The van der Waals surface area contributed by atoms with Crippen molar-refractivity contribution < 1.29 is 45.3 Å². The van der Waals surface area contributed by atoms with Gasteiger partial charge in [-0.25, -0.2) is 4.39 Å². The van der Waals surface area contributed by atoms with Gasteiger partial charge in [0.2, 0.25) is 5.60 Å². The van der Waals surface area contributed by atoms with E-state index < -0.39 is 11.5 Å². The number of thiophene rings is 1. The fourth-order valence-corrected chi connectivity index (χ4v) is 7.25. The van der Waals surface area contributed by atoms with Gasteiger partial charge in [-0.15, -0.1) is 11.3 Å². The first-order chi connectivity index (χ1) is 17.2. The van der Waals surface area contributed by atoms with Crippen LogP contribution in [0.4, 0.5) is 4.39 Å². The number of fused-ring (bicyclic) bond motifs is 3. The number of aryl methyl sites for hydroxylation is 1. The molecule has 2 N–H and O–H groups in total. The maximum absolute atomic E-state index is 14.0. The normalized spacial score (nSPS) is 24.1. The molecule has 204 valence electrons. The number of benzene rings is 1. The Bertz CT molecular complexity index is 1110. The Balaban J connectivity index is 0.00000380. The number of aliphatic hydroxyl groups is 1. The molecule has 3 fully saturated rings. The van der Waals surface area contributed by atoms with Crippen molar-refractivity contribution >= 4 is 39.1 Å². The Morgan fingerprint density at radius 2 is 1.97 bits per heavy atom. The summed E-state index contributed by atoms with van der Waals surface area (Å²) >= 11 is 4.73. The van der Waals surface area contributed by atoms with Crippen molar-refractivity contribution in [1.82, 2.24) is 5.32 Å². The third kappa shape index (κ3) is 6.64. The van der Waals surface area contributed by atoms with Gasteiger partial charge in [-0.2, -0.15) is 0 Å². The monoisotopic (exact) mass is 660 g/mol. The van der Waals surface area contributed by atoms with Crippen LogP contribution in [0, 0.1) is 18.7 Å². The van der Waals surface area contributed by atoms with Crippen LogP contribution in [-0.2, 0) is 19.9 Å². The maximum Gasteiger partial charge on any atom is 0.305 e. The zero-order valence-electron chi connectivity index (χ0n) is 21.3. The van der Waals surface area contributed by atoms with Gasteiger partial charge in [-0.05, 0) is 83.9 Å². The third-order valence-corrected chi connectivity index (χ3v) is 9.55. The fourth-order valence-electron chi connectivity index (χ4n) is 5.75. The number of carbonyl (C=O) groups is 2. The average molecular weight is 662 g/mol. The van der Waals surface area contributed by atoms with Crippen molar-refractivity contribution in [2.45, 2.75) is 57.6 Å². The molecule has 2 atom stereocenters. The van der Waals surface area contributed by atoms with E-state index in [4.69, 9.17) is 4.74 Å². The molecule has 0 radical (unpaired) electrons. The van der Waals surface area contributed by atoms with Crippen LogP contribution >= 0.6 is 27.3 Å². The summed E-state index contributed by atoms with van der Waals surface area (Å²) in [7, 11) is 0. The smallest absolute Gasteiger partial charge is 0.305 e. The average Bonchev–Trinajstić information content (AvgIpc) is 3.30. The molecule has 4 heterocycles. The zero-order valence-corrected chi connectivity index (χ0v) is 25.3. The quantitative estimate of drug-likeness (QED) is 0.231. The second-order valence-electron chi connectivity index (χ2n) is 10.2. The van der Waals surface area contributed by atoms with Gasteiger partial charge >= 0.3 is 5.97 Å². The lowest BCUT2D eigenvalue weighted by Crippen LogP contribution is -3.00. The molecule has 5 rings (SSSR count). The fraction of sp³-hybridized carbons (Fsp3) is 0.556. The van der Waals surface area contributed by atoms with Crippen LogP contribution < -0.4 is 22.3 Å². The summed E-state index contributed by atoms with van der Waals surface area (Å²) in [5.74, 6) is -0.610. The van der Waals surface area contributed by atoms with Crippen LogP contribution in [0.25, 0.3) is 0 Å². The Kier molecular flexibility index (Phi) is 10.4. The van der Waals surface area contributed by atoms with Crippen LogP contribution in [0.5, 0.6) is 0 Å². The number of hydrogen-bond donors (Lipinski definition) is 2. The lowest BCUT2D eigenvalue weighted by Gasteiger charge is -2.53. The van der Waals surface area contributed by atoms with Gasteiger partial charge in [0.25, 0.3) is 5.91 Å². The van der Waals surface area contributed by atoms with Gasteiger partial charge in [-0.3, -0.25) is 9.59 Å². The highest BCUT2D eigenvalue weighted by molar-refractivity contribution is 9.11. The predicted octanol–water partition coefficient (Wildman–Crippen LogP) is 1.66. The lowest BCUT2D eigenvalue weighted by atomic mass is 9.80. The summed E-state index contributed by atoms with van der Waals surface area (Å²) in [6, 6.07) is 7.85. The third-order valence-electron chi connectivity index (χ3n) is 7.82. The largest absolute Gasteiger partial charge is 1.00 e. The molecule has 0 spiro atoms. The molecule has 37 heavy (non-hydrogen) atoms. The zero-order chi connectivity index (χ0) is 25.9. The molecule has 6 nitrogen and oxygen atoms in total. The van der Waals surface area contributed by atoms with E-state index in [2.05, 4.69) is 21.2 Å². The van der Waals surface area contributed by atoms with E-state index in [1.165, 1.54) is 23.5 Å². The van der Waals surface area contributed by atoms with E-state index in [1.54, 1.807) is 25.1 Å². The molecule has 1 aromatic carbocycles. The Hall–Kier alpha value is -1.33. The number of rotatable bonds is 10. The molecular weight excluding hydrogens is 627 g/mol. The number of carbonyl (C=O) groups excluding carboxylic acids is 2. The van der Waals surface area contributed by atoms with Crippen molar-refractivity contribution in [3.8, 4) is 0 Å². The van der Waals surface area contributed by atoms with Crippen molar-refractivity contribution in [2.75, 3.05) is 32.8 Å². The number of hydrogen-bond acceptors (Lipinski definition) is 5. The number of halogens is 3. The SMILES string of the molecule is CCOC(=O)CCCC[N+]12CCC(CC1)[C@@H](NC(=O)C(O)(c1ccc(F)c(C)c1)c1ccc(Br)s1)C2.[Br-]. The van der Waals surface area contributed by atoms with Gasteiger partial charge < -0.3 is 36.6 Å². The van der Waals surface area contributed by atoms with Crippen molar-refractivity contribution in [2.24, 2.45) is 5.92 Å². The number of piperidine rings is 3. The van der Waals surface area contributed by atoms with Crippen LogP contribution in [0.3, 0.4) is 0 Å². The van der Waals surface area contributed by atoms with Crippen LogP contribution in [0.2, 0.25) is 0 Å². The van der Waals surface area contributed by atoms with Gasteiger partial charge in [0.1, 0.15) is 5.82 Å². The molecule has 0 aliphatic carbocycles. The molecule has 3 aliphatic heterocycles. The van der Waals surface area contributed by atoms with Crippen molar-refractivity contribution in [1.29, 1.82) is 0 Å². The highest BCUT2D eigenvalue weighted by Gasteiger charge is 2.49. The molecule has 1 unspecified atom stereocenters. The molecule has 3 saturated heterocycles. The summed E-state index contributed by atoms with van der Waals surface area (Å²) in [6.45, 7) is 7.81. The van der Waals surface area contributed by atoms with E-state index in [9.17, 15) is 19.1 Å². The van der Waals surface area contributed by atoms with E-state index in [1.807, 2.05) is 6.92 Å². The maximum atomic E-state index is 14.0. The van der Waals surface area contributed by atoms with Gasteiger partial charge in [-0.1, -0.05) is 6.07 Å². The second kappa shape index (κ2) is 12.7. The predicted molar refractivity (Wildman–Crippen MR) is 141 cm³/mol. The molecule has 2 bridgehead atoms. The van der Waals surface area contributed by atoms with Crippen molar-refractivity contribution in [3.63, 3.8) is 0 Å². The van der Waals surface area contributed by atoms with E-state index in [0.29, 0.717) is 34.9 Å². The molecule has 2 aromatic rings. The molecule has 10 heteroatoms. The second-order valence-corrected chi connectivity index (χ2v) is 12.6. The van der Waals surface area contributed by atoms with Crippen molar-refractivity contribution in [3.05, 3.63) is 55.9 Å². The highest BCUT2D eigenvalue weighted by atomic mass is 79.9. The van der Waals surface area contributed by atoms with Gasteiger partial charge in [0, 0.05) is 19.3 Å². The number of nitrogens with zero attached hydrogens (tertiary/aromatic N) is 1. The number of nitrogens with one attached hydrogen (secondary N) is 1. The first kappa shape index (κ1) is 30.2. The van der Waals surface area contributed by atoms with Crippen LogP contribution in [-0.4, -0.2) is 60.3 Å². The molecule has 3 aliphatic rings. The van der Waals surface area contributed by atoms with Gasteiger partial charge in [0.15, 0.2) is 0 Å². The van der Waals surface area contributed by atoms with E-state index in [0.717, 1.165) is 60.1 Å². The highest BCUT2D eigenvalue weighted by Crippen LogP contribution is 2.39. The van der Waals surface area contributed by atoms with Crippen LogP contribution in [0.15, 0.2) is 34.1 Å². The molecule has 1 aromatic heterocycles. The summed E-state index contributed by atoms with van der Waals surface area (Å²) in [5.41, 5.74) is -1.17. The Labute approximate surface area is 241 Å². The summed E-state index contributed by atoms with van der Waals surface area (Å²) in [6.07, 6.45) is 4.24. The molecule has 1 amide bonds. The minimum atomic E-state index is -1.91. The Morgan fingerprint density at radius 1 is 1.24 bits per heavy atom. The summed E-state index contributed by atoms with van der Waals surface area (Å²) < 4.78 is 20.8. The minimum absolute atomic E-state index is 0. The van der Waals surface area contributed by atoms with Crippen LogP contribution in [0.1, 0.15) is 55.0 Å². The molecule has 0 saturated carbocycles. The standard InChI is InChI=1S/C27H34BrFN2O4S.BrH/c1-3-35-25(32)6-4-5-13-31-14-11-19(12-15-31)22(17-31)30-26(33)27(34,23-9-10-24(28)36-23)20-7-8-21(29)18(2)16-20;/h7-10,16,19,22,34H,3-6,11-15,17H2,1-2H3;1H/t19?,22-,27?,31?;/m0./s1. The number of amides is 1. The summed E-state index contributed by atoms with van der Waals surface area (Å²) in [4.78, 5) is 26.0. The number of quaternary nitrogens is 1. The number of ether oxygens (including phenoxy) is 1. The van der Waals surface area contributed by atoms with E-state index >= 15 is 0 Å². The minimum Gasteiger partial charge on any atom is -1.00 e. The summed E-state index contributed by atoms with van der Waals surface area (Å²) in [5, 5.41) is 15.1.